The van der Waals surface area contributed by atoms with E-state index in [-0.39, 0.29) is 11.2 Å². The third kappa shape index (κ3) is 1.46. The Balaban J connectivity index is 2.56. The number of hydrogen-bond donors (Lipinski definition) is 2. The molecule has 0 aliphatic heterocycles. The lowest BCUT2D eigenvalue weighted by Gasteiger charge is -2.34. The molecule has 2 aromatic carbocycles. The zero-order valence-corrected chi connectivity index (χ0v) is 12.0. The number of halogens is 1. The monoisotopic (exact) mass is 306 g/mol. The summed E-state index contributed by atoms with van der Waals surface area (Å²) in [4.78, 5) is 0. The van der Waals surface area contributed by atoms with Gasteiger partial charge in [0, 0.05) is 5.56 Å². The number of phenols is 2. The van der Waals surface area contributed by atoms with Crippen LogP contribution in [-0.2, 0) is 11.8 Å². The third-order valence-corrected chi connectivity index (χ3v) is 4.79. The van der Waals surface area contributed by atoms with E-state index in [1.54, 1.807) is 12.1 Å². The molecule has 1 aliphatic carbocycles. The first-order valence-electron chi connectivity index (χ1n) is 6.08. The maximum absolute atomic E-state index is 10.0. The van der Waals surface area contributed by atoms with Gasteiger partial charge < -0.3 is 10.2 Å². The van der Waals surface area contributed by atoms with Crippen LogP contribution in [0.15, 0.2) is 22.7 Å². The van der Waals surface area contributed by atoms with Crippen molar-refractivity contribution in [1.82, 2.24) is 0 Å². The Hall–Kier alpha value is -1.22. The van der Waals surface area contributed by atoms with Crippen molar-refractivity contribution >= 4 is 26.7 Å². The van der Waals surface area contributed by atoms with Crippen molar-refractivity contribution in [1.29, 1.82) is 0 Å². The van der Waals surface area contributed by atoms with Crippen LogP contribution in [0.2, 0.25) is 0 Å². The van der Waals surface area contributed by atoms with Gasteiger partial charge in [0.05, 0.1) is 4.47 Å². The van der Waals surface area contributed by atoms with Gasteiger partial charge >= 0.3 is 0 Å². The molecular weight excluding hydrogens is 292 g/mol. The van der Waals surface area contributed by atoms with E-state index in [1.807, 2.05) is 6.07 Å². The van der Waals surface area contributed by atoms with E-state index in [4.69, 9.17) is 0 Å². The fraction of sp³-hybridized carbons (Fsp3) is 0.333. The third-order valence-electron chi connectivity index (χ3n) is 3.98. The lowest BCUT2D eigenvalue weighted by molar-refractivity contribution is 0.435. The molecule has 0 heterocycles. The van der Waals surface area contributed by atoms with Crippen molar-refractivity contribution in [2.75, 3.05) is 0 Å². The molecular formula is C15H15BrO2. The van der Waals surface area contributed by atoms with E-state index in [0.29, 0.717) is 5.75 Å². The normalized spacial score (nSPS) is 17.1. The van der Waals surface area contributed by atoms with Crippen molar-refractivity contribution in [3.05, 3.63) is 33.8 Å². The number of rotatable bonds is 0. The molecule has 2 nitrogen and oxygen atoms in total. The van der Waals surface area contributed by atoms with Crippen LogP contribution in [0.5, 0.6) is 11.5 Å². The number of aromatic hydroxyl groups is 2. The molecule has 0 spiro atoms. The first kappa shape index (κ1) is 11.8. The van der Waals surface area contributed by atoms with Crippen molar-refractivity contribution in [2.45, 2.75) is 32.1 Å². The van der Waals surface area contributed by atoms with Gasteiger partial charge in [0.2, 0.25) is 0 Å². The van der Waals surface area contributed by atoms with Crippen LogP contribution in [0.1, 0.15) is 31.4 Å². The highest BCUT2D eigenvalue weighted by Gasteiger charge is 2.32. The molecule has 0 amide bonds. The van der Waals surface area contributed by atoms with E-state index < -0.39 is 0 Å². The molecule has 1 aliphatic rings. The van der Waals surface area contributed by atoms with Gasteiger partial charge in [0.25, 0.3) is 0 Å². The van der Waals surface area contributed by atoms with Gasteiger partial charge in [-0.2, -0.15) is 0 Å². The Kier molecular flexibility index (Phi) is 2.39. The highest BCUT2D eigenvalue weighted by molar-refractivity contribution is 9.10. The summed E-state index contributed by atoms with van der Waals surface area (Å²) in [6, 6.07) is 5.34. The molecule has 0 radical (unpaired) electrons. The van der Waals surface area contributed by atoms with Crippen LogP contribution in [0.25, 0.3) is 10.8 Å². The summed E-state index contributed by atoms with van der Waals surface area (Å²) in [6.45, 7) is 4.36. The SMILES string of the molecule is CC1(C)CCc2c(O)ccc3cc(O)c(Br)c1c23. The summed E-state index contributed by atoms with van der Waals surface area (Å²) >= 11 is 3.50. The second-order valence-electron chi connectivity index (χ2n) is 5.63. The van der Waals surface area contributed by atoms with Crippen LogP contribution < -0.4 is 0 Å². The predicted molar refractivity (Wildman–Crippen MR) is 76.3 cm³/mol. The van der Waals surface area contributed by atoms with Gasteiger partial charge in [-0.05, 0) is 62.7 Å². The van der Waals surface area contributed by atoms with Gasteiger partial charge in [-0.1, -0.05) is 19.9 Å². The lowest BCUT2D eigenvalue weighted by Crippen LogP contribution is -2.23. The van der Waals surface area contributed by atoms with Gasteiger partial charge in [-0.15, -0.1) is 0 Å². The molecule has 18 heavy (non-hydrogen) atoms. The second-order valence-corrected chi connectivity index (χ2v) is 6.42. The molecule has 0 aromatic heterocycles. The quantitative estimate of drug-likeness (QED) is 0.764. The number of benzene rings is 2. The molecule has 0 bridgehead atoms. The van der Waals surface area contributed by atoms with Gasteiger partial charge in [-0.25, -0.2) is 0 Å². The molecule has 3 heteroatoms. The highest BCUT2D eigenvalue weighted by atomic mass is 79.9. The fourth-order valence-corrected chi connectivity index (χ4v) is 3.82. The molecule has 0 fully saturated rings. The summed E-state index contributed by atoms with van der Waals surface area (Å²) in [7, 11) is 0. The maximum atomic E-state index is 10.0. The van der Waals surface area contributed by atoms with Crippen LogP contribution in [0.4, 0.5) is 0 Å². The minimum atomic E-state index is -0.00336. The van der Waals surface area contributed by atoms with E-state index in [9.17, 15) is 10.2 Å². The Morgan fingerprint density at radius 3 is 2.61 bits per heavy atom. The Labute approximate surface area is 114 Å². The summed E-state index contributed by atoms with van der Waals surface area (Å²) in [5, 5.41) is 22.1. The van der Waals surface area contributed by atoms with Crippen molar-refractivity contribution in [3.63, 3.8) is 0 Å². The maximum Gasteiger partial charge on any atom is 0.130 e. The predicted octanol–water partition coefficient (Wildman–Crippen LogP) is 4.24. The first-order chi connectivity index (χ1) is 8.42. The van der Waals surface area contributed by atoms with Crippen molar-refractivity contribution < 1.29 is 10.2 Å². The molecule has 0 saturated carbocycles. The molecule has 0 atom stereocenters. The van der Waals surface area contributed by atoms with Gasteiger partial charge in [0.15, 0.2) is 0 Å². The van der Waals surface area contributed by atoms with Crippen molar-refractivity contribution in [2.24, 2.45) is 0 Å². The Morgan fingerprint density at radius 1 is 1.17 bits per heavy atom. The number of phenolic OH excluding ortho intramolecular Hbond substituents is 2. The number of aryl methyl sites for hydroxylation is 1. The molecule has 2 aromatic rings. The summed E-state index contributed by atoms with van der Waals surface area (Å²) in [5.74, 6) is 0.626. The van der Waals surface area contributed by atoms with Crippen LogP contribution in [0, 0.1) is 0 Å². The van der Waals surface area contributed by atoms with E-state index in [1.165, 1.54) is 0 Å². The molecule has 0 unspecified atom stereocenters. The van der Waals surface area contributed by atoms with E-state index in [0.717, 1.165) is 39.2 Å². The largest absolute Gasteiger partial charge is 0.508 e. The minimum absolute atomic E-state index is 0.00336. The molecule has 2 N–H and O–H groups in total. The van der Waals surface area contributed by atoms with E-state index >= 15 is 0 Å². The Bertz CT molecular complexity index is 659. The first-order valence-corrected chi connectivity index (χ1v) is 6.87. The van der Waals surface area contributed by atoms with Gasteiger partial charge in [-0.3, -0.25) is 0 Å². The highest BCUT2D eigenvalue weighted by Crippen LogP contribution is 2.49. The standard InChI is InChI=1S/C15H15BrO2/c1-15(2)6-5-9-10(17)4-3-8-7-11(18)14(16)13(15)12(8)9/h3-4,7,17-18H,5-6H2,1-2H3. The van der Waals surface area contributed by atoms with Crippen LogP contribution in [-0.4, -0.2) is 10.2 Å². The topological polar surface area (TPSA) is 40.5 Å². The van der Waals surface area contributed by atoms with Crippen LogP contribution in [0.3, 0.4) is 0 Å². The molecule has 3 rings (SSSR count). The van der Waals surface area contributed by atoms with Crippen LogP contribution >= 0.6 is 15.9 Å². The second kappa shape index (κ2) is 3.64. The minimum Gasteiger partial charge on any atom is -0.508 e. The zero-order chi connectivity index (χ0) is 13.1. The molecule has 94 valence electrons. The van der Waals surface area contributed by atoms with E-state index in [2.05, 4.69) is 29.8 Å². The summed E-state index contributed by atoms with van der Waals surface area (Å²) in [6.07, 6.45) is 1.84. The number of hydrogen-bond acceptors (Lipinski definition) is 2. The zero-order valence-electron chi connectivity index (χ0n) is 10.4. The van der Waals surface area contributed by atoms with Gasteiger partial charge in [0.1, 0.15) is 11.5 Å². The lowest BCUT2D eigenvalue weighted by atomic mass is 9.72. The van der Waals surface area contributed by atoms with Crippen molar-refractivity contribution in [3.8, 4) is 11.5 Å². The summed E-state index contributed by atoms with van der Waals surface area (Å²) < 4.78 is 0.756. The average molecular weight is 307 g/mol. The average Bonchev–Trinajstić information content (AvgIpc) is 2.29. The Morgan fingerprint density at radius 2 is 1.89 bits per heavy atom. The summed E-state index contributed by atoms with van der Waals surface area (Å²) in [5.41, 5.74) is 2.11. The molecule has 0 saturated heterocycles. The fourth-order valence-electron chi connectivity index (χ4n) is 2.97. The smallest absolute Gasteiger partial charge is 0.130 e.